The number of carboxylic acid groups (broad SMARTS) is 1. The van der Waals surface area contributed by atoms with Crippen LogP contribution in [0.3, 0.4) is 0 Å². The molecule has 0 spiro atoms. The van der Waals surface area contributed by atoms with E-state index in [1.165, 1.54) is 0 Å². The van der Waals surface area contributed by atoms with Crippen LogP contribution in [0.4, 0.5) is 0 Å². The van der Waals surface area contributed by atoms with E-state index in [-0.39, 0.29) is 12.5 Å². The minimum Gasteiger partial charge on any atom is -0.481 e. The van der Waals surface area contributed by atoms with E-state index in [2.05, 4.69) is 11.9 Å². The number of carbonyl (C=O) groups is 2. The van der Waals surface area contributed by atoms with Crippen LogP contribution in [-0.4, -0.2) is 23.5 Å². The predicted octanol–water partition coefficient (Wildman–Crippen LogP) is 1.32. The zero-order chi connectivity index (χ0) is 11.3. The van der Waals surface area contributed by atoms with Crippen LogP contribution >= 0.6 is 0 Å². The van der Waals surface area contributed by atoms with Crippen molar-refractivity contribution in [1.82, 2.24) is 5.32 Å². The van der Waals surface area contributed by atoms with Gasteiger partial charge in [0.25, 0.3) is 0 Å². The van der Waals surface area contributed by atoms with Gasteiger partial charge in [-0.25, -0.2) is 0 Å². The van der Waals surface area contributed by atoms with Crippen LogP contribution in [0.15, 0.2) is 12.7 Å². The van der Waals surface area contributed by atoms with Gasteiger partial charge in [0, 0.05) is 13.0 Å². The van der Waals surface area contributed by atoms with Crippen molar-refractivity contribution in [2.24, 2.45) is 5.41 Å². The standard InChI is InChI=1S/C11H17NO3/c1-2-3-5-9(13)12-8-11(10(14)15)6-4-7-11/h2H,1,3-8H2,(H,12,13)(H,14,15). The topological polar surface area (TPSA) is 66.4 Å². The molecule has 0 aliphatic heterocycles. The molecule has 0 aromatic carbocycles. The Bertz CT molecular complexity index is 269. The first-order chi connectivity index (χ1) is 7.10. The fourth-order valence-electron chi connectivity index (χ4n) is 1.66. The normalized spacial score (nSPS) is 17.6. The van der Waals surface area contributed by atoms with Crippen molar-refractivity contribution in [2.45, 2.75) is 32.1 Å². The zero-order valence-electron chi connectivity index (χ0n) is 8.79. The highest BCUT2D eigenvalue weighted by Gasteiger charge is 2.44. The molecule has 1 saturated carbocycles. The van der Waals surface area contributed by atoms with E-state index in [1.54, 1.807) is 6.08 Å². The second-order valence-corrected chi connectivity index (χ2v) is 4.04. The summed E-state index contributed by atoms with van der Waals surface area (Å²) in [5, 5.41) is 11.7. The monoisotopic (exact) mass is 211 g/mol. The number of carbonyl (C=O) groups excluding carboxylic acids is 1. The van der Waals surface area contributed by atoms with Gasteiger partial charge in [-0.2, -0.15) is 0 Å². The summed E-state index contributed by atoms with van der Waals surface area (Å²) in [6.07, 6.45) is 4.98. The second kappa shape index (κ2) is 4.96. The molecule has 1 aliphatic carbocycles. The number of amides is 1. The Balaban J connectivity index is 2.31. The molecule has 0 aromatic rings. The number of hydrogen-bond donors (Lipinski definition) is 2. The maximum atomic E-state index is 11.3. The first-order valence-electron chi connectivity index (χ1n) is 5.22. The van der Waals surface area contributed by atoms with Crippen LogP contribution in [0.5, 0.6) is 0 Å². The second-order valence-electron chi connectivity index (χ2n) is 4.04. The maximum Gasteiger partial charge on any atom is 0.311 e. The van der Waals surface area contributed by atoms with Crippen LogP contribution < -0.4 is 5.32 Å². The first-order valence-corrected chi connectivity index (χ1v) is 5.22. The van der Waals surface area contributed by atoms with Gasteiger partial charge in [-0.1, -0.05) is 12.5 Å². The summed E-state index contributed by atoms with van der Waals surface area (Å²) in [5.74, 6) is -0.889. The molecule has 1 fully saturated rings. The molecular weight excluding hydrogens is 194 g/mol. The Morgan fingerprint density at radius 1 is 1.47 bits per heavy atom. The fourth-order valence-corrected chi connectivity index (χ4v) is 1.66. The average Bonchev–Trinajstić information content (AvgIpc) is 2.12. The Morgan fingerprint density at radius 3 is 2.53 bits per heavy atom. The molecule has 0 atom stereocenters. The number of nitrogens with one attached hydrogen (secondary N) is 1. The van der Waals surface area contributed by atoms with Gasteiger partial charge in [-0.05, 0) is 19.3 Å². The molecule has 1 rings (SSSR count). The molecule has 1 amide bonds. The van der Waals surface area contributed by atoms with Gasteiger partial charge in [0.2, 0.25) is 5.91 Å². The summed E-state index contributed by atoms with van der Waals surface area (Å²) in [4.78, 5) is 22.2. The number of hydrogen-bond acceptors (Lipinski definition) is 2. The Hall–Kier alpha value is -1.32. The van der Waals surface area contributed by atoms with E-state index in [0.717, 1.165) is 6.42 Å². The zero-order valence-corrected chi connectivity index (χ0v) is 8.79. The molecule has 0 unspecified atom stereocenters. The van der Waals surface area contributed by atoms with E-state index in [0.29, 0.717) is 25.7 Å². The molecule has 1 aliphatic rings. The van der Waals surface area contributed by atoms with Gasteiger partial charge in [0.05, 0.1) is 5.41 Å². The molecule has 4 heteroatoms. The number of carboxylic acids is 1. The van der Waals surface area contributed by atoms with Crippen molar-refractivity contribution in [2.75, 3.05) is 6.54 Å². The lowest BCUT2D eigenvalue weighted by Crippen LogP contribution is -2.47. The van der Waals surface area contributed by atoms with Crippen molar-refractivity contribution in [1.29, 1.82) is 0 Å². The molecule has 4 nitrogen and oxygen atoms in total. The van der Waals surface area contributed by atoms with Crippen molar-refractivity contribution in [3.05, 3.63) is 12.7 Å². The van der Waals surface area contributed by atoms with Crippen molar-refractivity contribution < 1.29 is 14.7 Å². The Kier molecular flexibility index (Phi) is 3.88. The van der Waals surface area contributed by atoms with E-state index in [1.807, 2.05) is 0 Å². The molecule has 2 N–H and O–H groups in total. The largest absolute Gasteiger partial charge is 0.481 e. The third-order valence-corrected chi connectivity index (χ3v) is 2.96. The van der Waals surface area contributed by atoms with Gasteiger partial charge in [0.1, 0.15) is 0 Å². The number of allylic oxidation sites excluding steroid dienone is 1. The highest BCUT2D eigenvalue weighted by atomic mass is 16.4. The van der Waals surface area contributed by atoms with Crippen molar-refractivity contribution in [3.8, 4) is 0 Å². The average molecular weight is 211 g/mol. The molecule has 0 heterocycles. The van der Waals surface area contributed by atoms with Gasteiger partial charge >= 0.3 is 5.97 Å². The Labute approximate surface area is 89.4 Å². The first kappa shape index (κ1) is 11.8. The lowest BCUT2D eigenvalue weighted by molar-refractivity contribution is -0.154. The summed E-state index contributed by atoms with van der Waals surface area (Å²) < 4.78 is 0. The maximum absolute atomic E-state index is 11.3. The highest BCUT2D eigenvalue weighted by molar-refractivity contribution is 5.79. The lowest BCUT2D eigenvalue weighted by atomic mass is 9.69. The van der Waals surface area contributed by atoms with Crippen LogP contribution in [0.2, 0.25) is 0 Å². The quantitative estimate of drug-likeness (QED) is 0.651. The van der Waals surface area contributed by atoms with Crippen molar-refractivity contribution >= 4 is 11.9 Å². The molecule has 0 radical (unpaired) electrons. The fraction of sp³-hybridized carbons (Fsp3) is 0.636. The molecule has 0 aromatic heterocycles. The van der Waals surface area contributed by atoms with Crippen molar-refractivity contribution in [3.63, 3.8) is 0 Å². The minimum atomic E-state index is -0.794. The van der Waals surface area contributed by atoms with Gasteiger partial charge < -0.3 is 10.4 Å². The molecule has 0 bridgehead atoms. The van der Waals surface area contributed by atoms with Gasteiger partial charge in [-0.3, -0.25) is 9.59 Å². The lowest BCUT2D eigenvalue weighted by Gasteiger charge is -2.37. The smallest absolute Gasteiger partial charge is 0.311 e. The summed E-state index contributed by atoms with van der Waals surface area (Å²) in [7, 11) is 0. The SMILES string of the molecule is C=CCCC(=O)NCC1(C(=O)O)CCC1. The molecule has 15 heavy (non-hydrogen) atoms. The third-order valence-electron chi connectivity index (χ3n) is 2.96. The summed E-state index contributed by atoms with van der Waals surface area (Å²) in [5.41, 5.74) is -0.691. The summed E-state index contributed by atoms with van der Waals surface area (Å²) in [6.45, 7) is 3.79. The van der Waals surface area contributed by atoms with E-state index in [4.69, 9.17) is 5.11 Å². The van der Waals surface area contributed by atoms with Gasteiger partial charge in [0.15, 0.2) is 0 Å². The van der Waals surface area contributed by atoms with Crippen LogP contribution in [0.25, 0.3) is 0 Å². The molecule has 84 valence electrons. The van der Waals surface area contributed by atoms with E-state index >= 15 is 0 Å². The molecule has 0 saturated heterocycles. The number of rotatable bonds is 6. The number of aliphatic carboxylic acids is 1. The summed E-state index contributed by atoms with van der Waals surface area (Å²) >= 11 is 0. The van der Waals surface area contributed by atoms with E-state index < -0.39 is 11.4 Å². The van der Waals surface area contributed by atoms with Crippen LogP contribution in [0, 0.1) is 5.41 Å². The predicted molar refractivity (Wildman–Crippen MR) is 56.4 cm³/mol. The highest BCUT2D eigenvalue weighted by Crippen LogP contribution is 2.40. The van der Waals surface area contributed by atoms with Crippen LogP contribution in [0.1, 0.15) is 32.1 Å². The van der Waals surface area contributed by atoms with Crippen LogP contribution in [-0.2, 0) is 9.59 Å². The minimum absolute atomic E-state index is 0.0950. The summed E-state index contributed by atoms with van der Waals surface area (Å²) in [6, 6.07) is 0. The van der Waals surface area contributed by atoms with E-state index in [9.17, 15) is 9.59 Å². The van der Waals surface area contributed by atoms with Gasteiger partial charge in [-0.15, -0.1) is 6.58 Å². The Morgan fingerprint density at radius 2 is 2.13 bits per heavy atom. The third kappa shape index (κ3) is 2.81. The molecular formula is C11H17NO3.